The molecule has 2 heterocycles. The number of fused-ring (bicyclic) bond motifs is 1. The summed E-state index contributed by atoms with van der Waals surface area (Å²) < 4.78 is 1.20. The van der Waals surface area contributed by atoms with Crippen molar-refractivity contribution in [2.24, 2.45) is 0 Å². The van der Waals surface area contributed by atoms with Crippen LogP contribution in [0.1, 0.15) is 54.2 Å². The molecular formula is C19H18B3ClN2O4. The van der Waals surface area contributed by atoms with Gasteiger partial charge in [0, 0.05) is 5.56 Å². The van der Waals surface area contributed by atoms with E-state index >= 15 is 0 Å². The van der Waals surface area contributed by atoms with E-state index in [0.29, 0.717) is 5.56 Å². The molecule has 0 saturated carbocycles. The van der Waals surface area contributed by atoms with E-state index in [0.717, 1.165) is 0 Å². The molecule has 3 aromatic rings. The predicted octanol–water partition coefficient (Wildman–Crippen LogP) is -0.0131. The number of halogens is 1. The summed E-state index contributed by atoms with van der Waals surface area (Å²) in [6.45, 7) is 7.02. The molecule has 0 aliphatic heterocycles. The second kappa shape index (κ2) is 8.55. The molecule has 0 spiro atoms. The van der Waals surface area contributed by atoms with Crippen molar-refractivity contribution in [2.75, 3.05) is 0 Å². The molecule has 2 aromatic heterocycles. The Labute approximate surface area is 177 Å². The summed E-state index contributed by atoms with van der Waals surface area (Å²) in [7, 11) is 17.5. The van der Waals surface area contributed by atoms with E-state index in [4.69, 9.17) is 35.1 Å². The summed E-state index contributed by atoms with van der Waals surface area (Å²) in [4.78, 5) is 28.1. The number of carbonyl (C=O) groups is 1. The van der Waals surface area contributed by atoms with Crippen molar-refractivity contribution in [1.29, 1.82) is 0 Å². The number of carbonyl (C=O) groups excluding carboxylic acids is 1. The first kappa shape index (κ1) is 22.9. The fourth-order valence-electron chi connectivity index (χ4n) is 2.92. The number of aliphatic hydroxyl groups excluding tert-OH is 1. The van der Waals surface area contributed by atoms with Crippen molar-refractivity contribution in [3.63, 3.8) is 0 Å². The molecule has 3 N–H and O–H groups in total. The minimum Gasteiger partial charge on any atom is -0.506 e. The lowest BCUT2D eigenvalue weighted by molar-refractivity contribution is 0.102. The van der Waals surface area contributed by atoms with Crippen molar-refractivity contribution in [3.8, 4) is 5.75 Å². The molecular weight excluding hydrogens is 388 g/mol. The van der Waals surface area contributed by atoms with Gasteiger partial charge in [0.2, 0.25) is 5.78 Å². The number of aromatic hydroxyl groups is 1. The Balaban J connectivity index is 0.00000145. The number of aromatic amines is 1. The first-order valence-electron chi connectivity index (χ1n) is 8.89. The van der Waals surface area contributed by atoms with Crippen LogP contribution in [0, 0.1) is 6.92 Å². The maximum Gasteiger partial charge on any atom is 0.211 e. The molecule has 1 atom stereocenters. The van der Waals surface area contributed by atoms with Gasteiger partial charge in [-0.1, -0.05) is 25.4 Å². The molecule has 144 valence electrons. The number of hydrogen-bond acceptors (Lipinski definition) is 4. The lowest BCUT2D eigenvalue weighted by Crippen LogP contribution is -2.50. The third-order valence-electron chi connectivity index (χ3n) is 4.37. The Bertz CT molecular complexity index is 1150. The summed E-state index contributed by atoms with van der Waals surface area (Å²) in [5.74, 6) is -0.698. The number of imidazole rings is 1. The molecule has 0 aliphatic rings. The average molecular weight is 406 g/mol. The number of rotatable bonds is 3. The van der Waals surface area contributed by atoms with Crippen molar-refractivity contribution < 1.29 is 15.0 Å². The molecule has 6 nitrogen and oxygen atoms in total. The summed E-state index contributed by atoms with van der Waals surface area (Å²) in [6, 6.07) is 2.74. The molecule has 3 rings (SSSR count). The van der Waals surface area contributed by atoms with Crippen LogP contribution in [0.4, 0.5) is 0 Å². The highest BCUT2D eigenvalue weighted by atomic mass is 35.5. The number of ketones is 1. The second-order valence-corrected chi connectivity index (χ2v) is 6.65. The standard InChI is InChI=1S/C17H12B3ClN2O4.C2H6/c1-5-3-7(4-8(21)13(5)25)14(26)12-11(6(2)24)22-17-10(19)15(27)9(18)16(20)23(12)17;1-2/h3-4,6,22,24-25H,1-2H3;1-2H3. The summed E-state index contributed by atoms with van der Waals surface area (Å²) >= 11 is 5.98. The van der Waals surface area contributed by atoms with Gasteiger partial charge >= 0.3 is 0 Å². The van der Waals surface area contributed by atoms with E-state index in [2.05, 4.69) is 4.98 Å². The number of benzene rings is 1. The van der Waals surface area contributed by atoms with Gasteiger partial charge in [0.25, 0.3) is 0 Å². The number of phenols is 1. The number of hydrogen-bond donors (Lipinski definition) is 3. The van der Waals surface area contributed by atoms with Crippen LogP contribution in [0.5, 0.6) is 5.75 Å². The number of nitrogens with zero attached hydrogens (tertiary/aromatic N) is 1. The van der Waals surface area contributed by atoms with Crippen LogP contribution in [0.15, 0.2) is 16.9 Å². The van der Waals surface area contributed by atoms with Crippen LogP contribution >= 0.6 is 11.6 Å². The van der Waals surface area contributed by atoms with Gasteiger partial charge in [-0.15, -0.1) is 0 Å². The highest BCUT2D eigenvalue weighted by Crippen LogP contribution is 2.30. The van der Waals surface area contributed by atoms with Crippen LogP contribution in [-0.4, -0.2) is 48.9 Å². The highest BCUT2D eigenvalue weighted by Gasteiger charge is 2.26. The molecule has 1 aromatic carbocycles. The number of aryl methyl sites for hydroxylation is 1. The van der Waals surface area contributed by atoms with Crippen molar-refractivity contribution in [2.45, 2.75) is 33.8 Å². The third-order valence-corrected chi connectivity index (χ3v) is 4.65. The minimum atomic E-state index is -1.10. The zero-order valence-electron chi connectivity index (χ0n) is 16.5. The number of phenolic OH excluding ortho intramolecular Hbond substituents is 1. The van der Waals surface area contributed by atoms with Gasteiger partial charge in [-0.05, 0) is 48.1 Å². The predicted molar refractivity (Wildman–Crippen MR) is 117 cm³/mol. The van der Waals surface area contributed by atoms with Crippen molar-refractivity contribution in [3.05, 3.63) is 49.9 Å². The number of aliphatic hydroxyl groups is 1. The smallest absolute Gasteiger partial charge is 0.211 e. The lowest BCUT2D eigenvalue weighted by Gasteiger charge is -2.13. The van der Waals surface area contributed by atoms with Crippen molar-refractivity contribution >= 4 is 63.1 Å². The maximum atomic E-state index is 13.2. The van der Waals surface area contributed by atoms with E-state index in [1.54, 1.807) is 6.92 Å². The summed E-state index contributed by atoms with van der Waals surface area (Å²) in [5.41, 5.74) is -0.755. The molecule has 29 heavy (non-hydrogen) atoms. The zero-order valence-corrected chi connectivity index (χ0v) is 17.3. The first-order chi connectivity index (χ1) is 13.6. The fourth-order valence-corrected chi connectivity index (χ4v) is 3.19. The van der Waals surface area contributed by atoms with Gasteiger partial charge < -0.3 is 19.6 Å². The normalized spacial score (nSPS) is 11.8. The Morgan fingerprint density at radius 3 is 2.31 bits per heavy atom. The van der Waals surface area contributed by atoms with E-state index in [-0.39, 0.29) is 49.9 Å². The van der Waals surface area contributed by atoms with E-state index in [9.17, 15) is 19.8 Å². The van der Waals surface area contributed by atoms with E-state index < -0.39 is 17.3 Å². The Kier molecular flexibility index (Phi) is 6.76. The van der Waals surface area contributed by atoms with Crippen LogP contribution in [0.2, 0.25) is 5.02 Å². The van der Waals surface area contributed by atoms with Gasteiger partial charge in [0.15, 0.2) is 5.43 Å². The topological polar surface area (TPSA) is 94.8 Å². The summed E-state index contributed by atoms with van der Waals surface area (Å²) in [6.07, 6.45) is -1.10. The van der Waals surface area contributed by atoms with E-state index in [1.165, 1.54) is 23.5 Å². The number of H-pyrrole nitrogens is 1. The van der Waals surface area contributed by atoms with Gasteiger partial charge in [-0.3, -0.25) is 9.59 Å². The average Bonchev–Trinajstić information content (AvgIpc) is 3.10. The first-order valence-corrected chi connectivity index (χ1v) is 9.26. The molecule has 0 saturated heterocycles. The molecule has 0 fully saturated rings. The minimum absolute atomic E-state index is 0.00404. The molecule has 10 heteroatoms. The Morgan fingerprint density at radius 2 is 1.79 bits per heavy atom. The van der Waals surface area contributed by atoms with Gasteiger partial charge in [0.05, 0.1) is 16.8 Å². The fraction of sp³-hybridized carbons (Fsp3) is 0.263. The SMILES string of the molecule is CC.[B]c1c([B])n2c(C(=O)c3cc(C)c(O)c(Cl)c3)c(C(C)O)[nH]c2c([B])c1=O. The van der Waals surface area contributed by atoms with Crippen LogP contribution in [0.25, 0.3) is 5.65 Å². The molecule has 0 amide bonds. The molecule has 0 bridgehead atoms. The highest BCUT2D eigenvalue weighted by molar-refractivity contribution is 6.50. The quantitative estimate of drug-likeness (QED) is 0.421. The summed E-state index contributed by atoms with van der Waals surface area (Å²) in [5, 5.41) is 19.9. The van der Waals surface area contributed by atoms with Gasteiger partial charge in [0.1, 0.15) is 40.6 Å². The van der Waals surface area contributed by atoms with Gasteiger partial charge in [-0.25, -0.2) is 0 Å². The Morgan fingerprint density at radius 1 is 1.21 bits per heavy atom. The largest absolute Gasteiger partial charge is 0.506 e. The van der Waals surface area contributed by atoms with Gasteiger partial charge in [-0.2, -0.15) is 0 Å². The molecule has 6 radical (unpaired) electrons. The van der Waals surface area contributed by atoms with Crippen molar-refractivity contribution in [1.82, 2.24) is 9.38 Å². The monoisotopic (exact) mass is 406 g/mol. The second-order valence-electron chi connectivity index (χ2n) is 6.24. The van der Waals surface area contributed by atoms with Crippen LogP contribution < -0.4 is 21.9 Å². The van der Waals surface area contributed by atoms with Crippen LogP contribution in [-0.2, 0) is 0 Å². The van der Waals surface area contributed by atoms with Crippen LogP contribution in [0.3, 0.4) is 0 Å². The zero-order chi connectivity index (χ0) is 22.2. The third kappa shape index (κ3) is 3.77. The van der Waals surface area contributed by atoms with E-state index in [1.807, 2.05) is 13.8 Å². The number of pyridine rings is 1. The number of nitrogens with one attached hydrogen (secondary N) is 1. The molecule has 0 aliphatic carbocycles. The molecule has 1 unspecified atom stereocenters. The lowest BCUT2D eigenvalue weighted by atomic mass is 9.80. The number of aromatic nitrogens is 2. The maximum absolute atomic E-state index is 13.2. The Hall–Kier alpha value is -2.38.